The Labute approximate surface area is 121 Å². The summed E-state index contributed by atoms with van der Waals surface area (Å²) in [6.45, 7) is 8.88. The molecule has 0 amide bonds. The second-order valence-electron chi connectivity index (χ2n) is 5.11. The molecule has 1 aliphatic rings. The predicted octanol–water partition coefficient (Wildman–Crippen LogP) is 2.90. The molecule has 0 saturated heterocycles. The van der Waals surface area contributed by atoms with Crippen molar-refractivity contribution in [3.63, 3.8) is 0 Å². The van der Waals surface area contributed by atoms with Crippen LogP contribution in [0.15, 0.2) is 0 Å². The molecule has 1 fully saturated rings. The molecule has 1 saturated carbocycles. The van der Waals surface area contributed by atoms with Crippen molar-refractivity contribution in [2.45, 2.75) is 46.0 Å². The molecule has 0 unspecified atom stereocenters. The maximum atomic E-state index is 5.76. The van der Waals surface area contributed by atoms with Crippen molar-refractivity contribution < 1.29 is 9.47 Å². The van der Waals surface area contributed by atoms with E-state index < -0.39 is 0 Å². The standard InChI is InChI=1S/C15H25N3O2/c1-4-8-16-13-11(3)15(20-10-9-19-5-2)18-14(17-13)12-6-7-12/h12H,4-10H2,1-3H3,(H,16,17,18). The van der Waals surface area contributed by atoms with Gasteiger partial charge in [-0.15, -0.1) is 0 Å². The predicted molar refractivity (Wildman–Crippen MR) is 79.5 cm³/mol. The third kappa shape index (κ3) is 4.07. The van der Waals surface area contributed by atoms with E-state index in [4.69, 9.17) is 9.47 Å². The van der Waals surface area contributed by atoms with Crippen LogP contribution in [-0.2, 0) is 4.74 Å². The van der Waals surface area contributed by atoms with E-state index in [2.05, 4.69) is 22.2 Å². The van der Waals surface area contributed by atoms with Gasteiger partial charge >= 0.3 is 0 Å². The molecule has 0 spiro atoms. The molecule has 1 aromatic rings. The first-order chi connectivity index (χ1) is 9.76. The first kappa shape index (κ1) is 15.0. The van der Waals surface area contributed by atoms with Crippen molar-refractivity contribution in [3.05, 3.63) is 11.4 Å². The molecule has 5 heteroatoms. The average molecular weight is 279 g/mol. The van der Waals surface area contributed by atoms with E-state index in [9.17, 15) is 0 Å². The fraction of sp³-hybridized carbons (Fsp3) is 0.733. The number of nitrogens with one attached hydrogen (secondary N) is 1. The third-order valence-corrected chi connectivity index (χ3v) is 3.27. The molecule has 112 valence electrons. The summed E-state index contributed by atoms with van der Waals surface area (Å²) in [6, 6.07) is 0. The molecule has 0 aromatic carbocycles. The van der Waals surface area contributed by atoms with Gasteiger partial charge in [0.2, 0.25) is 5.88 Å². The zero-order valence-corrected chi connectivity index (χ0v) is 12.7. The van der Waals surface area contributed by atoms with Gasteiger partial charge in [-0.2, -0.15) is 4.98 Å². The third-order valence-electron chi connectivity index (χ3n) is 3.27. The minimum atomic E-state index is 0.520. The highest BCUT2D eigenvalue weighted by Gasteiger charge is 2.28. The van der Waals surface area contributed by atoms with E-state index in [1.54, 1.807) is 0 Å². The van der Waals surface area contributed by atoms with Gasteiger partial charge in [-0.3, -0.25) is 0 Å². The fourth-order valence-electron chi connectivity index (χ4n) is 1.93. The van der Waals surface area contributed by atoms with Gasteiger partial charge < -0.3 is 14.8 Å². The van der Waals surface area contributed by atoms with Crippen LogP contribution < -0.4 is 10.1 Å². The Bertz CT molecular complexity index is 433. The number of hydrogen-bond acceptors (Lipinski definition) is 5. The van der Waals surface area contributed by atoms with Crippen LogP contribution in [0.1, 0.15) is 50.4 Å². The van der Waals surface area contributed by atoms with Crippen LogP contribution in [-0.4, -0.2) is 36.3 Å². The Balaban J connectivity index is 2.08. The van der Waals surface area contributed by atoms with E-state index in [1.807, 2.05) is 13.8 Å². The van der Waals surface area contributed by atoms with Gasteiger partial charge in [-0.25, -0.2) is 4.98 Å². The molecule has 0 bridgehead atoms. The van der Waals surface area contributed by atoms with Gasteiger partial charge in [0, 0.05) is 19.1 Å². The van der Waals surface area contributed by atoms with Crippen molar-refractivity contribution in [2.75, 3.05) is 31.7 Å². The molecule has 5 nitrogen and oxygen atoms in total. The summed E-state index contributed by atoms with van der Waals surface area (Å²) in [7, 11) is 0. The second-order valence-corrected chi connectivity index (χ2v) is 5.11. The van der Waals surface area contributed by atoms with Gasteiger partial charge in [0.05, 0.1) is 12.2 Å². The molecule has 20 heavy (non-hydrogen) atoms. The van der Waals surface area contributed by atoms with Gasteiger partial charge in [0.25, 0.3) is 0 Å². The number of anilines is 1. The van der Waals surface area contributed by atoms with Gasteiger partial charge in [-0.1, -0.05) is 6.92 Å². The van der Waals surface area contributed by atoms with Crippen LogP contribution in [0.4, 0.5) is 5.82 Å². The van der Waals surface area contributed by atoms with Crippen molar-refractivity contribution in [3.8, 4) is 5.88 Å². The Morgan fingerprint density at radius 3 is 2.65 bits per heavy atom. The second kappa shape index (κ2) is 7.43. The summed E-state index contributed by atoms with van der Waals surface area (Å²) >= 11 is 0. The number of hydrogen-bond donors (Lipinski definition) is 1. The molecule has 1 aliphatic carbocycles. The van der Waals surface area contributed by atoms with Crippen LogP contribution in [0, 0.1) is 6.92 Å². The summed E-state index contributed by atoms with van der Waals surface area (Å²) in [5.74, 6) is 3.04. The first-order valence-corrected chi connectivity index (χ1v) is 7.59. The Kier molecular flexibility index (Phi) is 5.59. The lowest BCUT2D eigenvalue weighted by Crippen LogP contribution is -2.12. The molecule has 1 heterocycles. The maximum absolute atomic E-state index is 5.76. The van der Waals surface area contributed by atoms with Crippen molar-refractivity contribution >= 4 is 5.82 Å². The van der Waals surface area contributed by atoms with Crippen LogP contribution in [0.2, 0.25) is 0 Å². The van der Waals surface area contributed by atoms with E-state index >= 15 is 0 Å². The summed E-state index contributed by atoms with van der Waals surface area (Å²) < 4.78 is 11.1. The molecule has 0 atom stereocenters. The van der Waals surface area contributed by atoms with Gasteiger partial charge in [0.15, 0.2) is 0 Å². The van der Waals surface area contributed by atoms with Gasteiger partial charge in [-0.05, 0) is 33.1 Å². The lowest BCUT2D eigenvalue weighted by atomic mass is 10.3. The average Bonchev–Trinajstić information content (AvgIpc) is 3.28. The summed E-state index contributed by atoms with van der Waals surface area (Å²) in [6.07, 6.45) is 3.45. The molecule has 1 N–H and O–H groups in total. The minimum absolute atomic E-state index is 0.520. The van der Waals surface area contributed by atoms with E-state index in [0.717, 1.165) is 30.2 Å². The Hall–Kier alpha value is -1.36. The number of nitrogens with zero attached hydrogens (tertiary/aromatic N) is 2. The molecule has 2 rings (SSSR count). The quantitative estimate of drug-likeness (QED) is 0.704. The Morgan fingerprint density at radius 2 is 2.00 bits per heavy atom. The van der Waals surface area contributed by atoms with Crippen LogP contribution >= 0.6 is 0 Å². The Morgan fingerprint density at radius 1 is 1.20 bits per heavy atom. The first-order valence-electron chi connectivity index (χ1n) is 7.59. The normalized spacial score (nSPS) is 14.3. The maximum Gasteiger partial charge on any atom is 0.221 e. The van der Waals surface area contributed by atoms with Crippen molar-refractivity contribution in [1.82, 2.24) is 9.97 Å². The zero-order chi connectivity index (χ0) is 14.4. The van der Waals surface area contributed by atoms with E-state index in [-0.39, 0.29) is 0 Å². The van der Waals surface area contributed by atoms with Crippen molar-refractivity contribution in [2.24, 2.45) is 0 Å². The fourth-order valence-corrected chi connectivity index (χ4v) is 1.93. The van der Waals surface area contributed by atoms with Crippen LogP contribution in [0.3, 0.4) is 0 Å². The van der Waals surface area contributed by atoms with E-state index in [0.29, 0.717) is 31.6 Å². The highest BCUT2D eigenvalue weighted by molar-refractivity contribution is 5.49. The molecular formula is C15H25N3O2. The van der Waals surface area contributed by atoms with Crippen LogP contribution in [0.25, 0.3) is 0 Å². The summed E-state index contributed by atoms with van der Waals surface area (Å²) in [4.78, 5) is 9.22. The number of aromatic nitrogens is 2. The highest BCUT2D eigenvalue weighted by atomic mass is 16.5. The largest absolute Gasteiger partial charge is 0.475 e. The van der Waals surface area contributed by atoms with E-state index in [1.165, 1.54) is 12.8 Å². The lowest BCUT2D eigenvalue weighted by Gasteiger charge is -2.14. The number of rotatable bonds is 9. The summed E-state index contributed by atoms with van der Waals surface area (Å²) in [5.41, 5.74) is 0.986. The topological polar surface area (TPSA) is 56.3 Å². The molecule has 1 aromatic heterocycles. The van der Waals surface area contributed by atoms with Crippen LogP contribution in [0.5, 0.6) is 5.88 Å². The SMILES string of the molecule is CCCNc1nc(C2CC2)nc(OCCOCC)c1C. The smallest absolute Gasteiger partial charge is 0.221 e. The monoisotopic (exact) mass is 279 g/mol. The van der Waals surface area contributed by atoms with Gasteiger partial charge in [0.1, 0.15) is 18.2 Å². The highest BCUT2D eigenvalue weighted by Crippen LogP contribution is 2.39. The lowest BCUT2D eigenvalue weighted by molar-refractivity contribution is 0.108. The van der Waals surface area contributed by atoms with Crippen molar-refractivity contribution in [1.29, 1.82) is 0 Å². The zero-order valence-electron chi connectivity index (χ0n) is 12.7. The molecule has 0 radical (unpaired) electrons. The minimum Gasteiger partial charge on any atom is -0.475 e. The molecular weight excluding hydrogens is 254 g/mol. The molecule has 0 aliphatic heterocycles. The summed E-state index contributed by atoms with van der Waals surface area (Å²) in [5, 5.41) is 3.37. The number of ether oxygens (including phenoxy) is 2.